The first-order valence-corrected chi connectivity index (χ1v) is 17.2. The maximum atomic E-state index is 12.0. The van der Waals surface area contributed by atoms with Crippen LogP contribution < -0.4 is 0 Å². The average molecular weight is 686 g/mol. The van der Waals surface area contributed by atoms with Crippen LogP contribution in [0.4, 0.5) is 5.69 Å². The van der Waals surface area contributed by atoms with Crippen molar-refractivity contribution in [1.82, 2.24) is 19.5 Å². The summed E-state index contributed by atoms with van der Waals surface area (Å²) >= 11 is 0. The molecule has 8 nitrogen and oxygen atoms in total. The van der Waals surface area contributed by atoms with E-state index >= 15 is 0 Å². The Morgan fingerprint density at radius 3 is 1.81 bits per heavy atom. The molecule has 0 radical (unpaired) electrons. The zero-order chi connectivity index (χ0) is 35.5. The number of non-ortho nitro benzene ring substituents is 1. The number of hydrogen-bond acceptors (Lipinski definition) is 6. The highest BCUT2D eigenvalue weighted by molar-refractivity contribution is 6.17. The standard InChI is InChI=1S/C45H27N5O3/c51-50(52)32-17-11-16-30(24-32)35-25-31(45-47-43(28-12-3-1-4-13-28)46-44(48-45)29-14-5-2-6-15-29)22-23-39(35)49-38-20-9-7-18-33(38)36-26-37-34-19-8-10-21-41(34)53-42(37)27-40(36)49/h1-27H. The number of para-hydroxylation sites is 2. The summed E-state index contributed by atoms with van der Waals surface area (Å²) in [7, 11) is 0. The van der Waals surface area contributed by atoms with Crippen LogP contribution in [0.25, 0.3) is 94.7 Å². The lowest BCUT2D eigenvalue weighted by atomic mass is 9.99. The van der Waals surface area contributed by atoms with E-state index < -0.39 is 0 Å². The molecule has 0 saturated carbocycles. The SMILES string of the molecule is O=[N+]([O-])c1cccc(-c2cc(-c3nc(-c4ccccc4)nc(-c4ccccc4)n3)ccc2-n2c3ccccc3c3cc4c(cc32)oc2ccccc24)c1. The minimum absolute atomic E-state index is 0.00273. The van der Waals surface area contributed by atoms with Crippen LogP contribution in [0.15, 0.2) is 168 Å². The molecule has 3 aromatic heterocycles. The first-order valence-electron chi connectivity index (χ1n) is 17.2. The van der Waals surface area contributed by atoms with Crippen molar-refractivity contribution in [3.63, 3.8) is 0 Å². The van der Waals surface area contributed by atoms with Crippen molar-refractivity contribution in [3.8, 4) is 51.0 Å². The van der Waals surface area contributed by atoms with Gasteiger partial charge < -0.3 is 8.98 Å². The van der Waals surface area contributed by atoms with Crippen molar-refractivity contribution in [2.45, 2.75) is 0 Å². The van der Waals surface area contributed by atoms with E-state index in [1.165, 1.54) is 6.07 Å². The predicted octanol–water partition coefficient (Wildman–Crippen LogP) is 11.4. The normalized spacial score (nSPS) is 11.5. The van der Waals surface area contributed by atoms with Crippen molar-refractivity contribution in [2.75, 3.05) is 0 Å². The molecule has 0 bridgehead atoms. The molecule has 8 heteroatoms. The Hall–Kier alpha value is -7.45. The third-order valence-corrected chi connectivity index (χ3v) is 9.73. The van der Waals surface area contributed by atoms with Crippen LogP contribution in [0.1, 0.15) is 0 Å². The number of benzene rings is 7. The molecule has 0 atom stereocenters. The van der Waals surface area contributed by atoms with Crippen LogP contribution in [0.3, 0.4) is 0 Å². The fraction of sp³-hybridized carbons (Fsp3) is 0. The number of nitro benzene ring substituents is 1. The van der Waals surface area contributed by atoms with E-state index in [0.29, 0.717) is 23.0 Å². The molecule has 10 rings (SSSR count). The largest absolute Gasteiger partial charge is 0.456 e. The van der Waals surface area contributed by atoms with Crippen LogP contribution in [-0.4, -0.2) is 24.4 Å². The highest BCUT2D eigenvalue weighted by atomic mass is 16.6. The smallest absolute Gasteiger partial charge is 0.270 e. The van der Waals surface area contributed by atoms with E-state index in [1.54, 1.807) is 12.1 Å². The van der Waals surface area contributed by atoms with Crippen molar-refractivity contribution in [3.05, 3.63) is 174 Å². The van der Waals surface area contributed by atoms with Crippen molar-refractivity contribution >= 4 is 49.4 Å². The molecule has 0 spiro atoms. The van der Waals surface area contributed by atoms with E-state index in [2.05, 4.69) is 34.9 Å². The Labute approximate surface area is 302 Å². The van der Waals surface area contributed by atoms with Gasteiger partial charge in [-0.25, -0.2) is 15.0 Å². The maximum Gasteiger partial charge on any atom is 0.270 e. The summed E-state index contributed by atoms with van der Waals surface area (Å²) in [6.07, 6.45) is 0. The first-order chi connectivity index (χ1) is 26.1. The van der Waals surface area contributed by atoms with Gasteiger partial charge in [-0.3, -0.25) is 10.1 Å². The summed E-state index contributed by atoms with van der Waals surface area (Å²) in [6.45, 7) is 0. The Bertz CT molecular complexity index is 2980. The Morgan fingerprint density at radius 2 is 1.09 bits per heavy atom. The molecule has 53 heavy (non-hydrogen) atoms. The summed E-state index contributed by atoms with van der Waals surface area (Å²) in [5.74, 6) is 1.59. The summed E-state index contributed by atoms with van der Waals surface area (Å²) in [4.78, 5) is 26.5. The highest BCUT2D eigenvalue weighted by Gasteiger charge is 2.21. The van der Waals surface area contributed by atoms with Gasteiger partial charge in [-0.2, -0.15) is 0 Å². The highest BCUT2D eigenvalue weighted by Crippen LogP contribution is 2.41. The summed E-state index contributed by atoms with van der Waals surface area (Å²) in [5, 5.41) is 16.3. The minimum Gasteiger partial charge on any atom is -0.456 e. The first kappa shape index (κ1) is 30.4. The number of nitrogens with zero attached hydrogens (tertiary/aromatic N) is 5. The topological polar surface area (TPSA) is 99.9 Å². The number of aromatic nitrogens is 4. The van der Waals surface area contributed by atoms with E-state index in [9.17, 15) is 10.1 Å². The van der Waals surface area contributed by atoms with Crippen LogP contribution in [0, 0.1) is 10.1 Å². The fourth-order valence-electron chi connectivity index (χ4n) is 7.27. The van der Waals surface area contributed by atoms with Gasteiger partial charge in [0.2, 0.25) is 0 Å². The molecule has 10 aromatic rings. The zero-order valence-corrected chi connectivity index (χ0v) is 28.0. The fourth-order valence-corrected chi connectivity index (χ4v) is 7.27. The lowest BCUT2D eigenvalue weighted by Gasteiger charge is -2.16. The van der Waals surface area contributed by atoms with Gasteiger partial charge >= 0.3 is 0 Å². The van der Waals surface area contributed by atoms with Crippen molar-refractivity contribution in [2.24, 2.45) is 0 Å². The molecule has 0 N–H and O–H groups in total. The second-order valence-corrected chi connectivity index (χ2v) is 12.9. The Kier molecular flexibility index (Phi) is 6.94. The number of hydrogen-bond donors (Lipinski definition) is 0. The van der Waals surface area contributed by atoms with Gasteiger partial charge in [0.15, 0.2) is 17.5 Å². The van der Waals surface area contributed by atoms with Gasteiger partial charge in [-0.1, -0.05) is 109 Å². The maximum absolute atomic E-state index is 12.0. The van der Waals surface area contributed by atoms with Crippen LogP contribution >= 0.6 is 0 Å². The van der Waals surface area contributed by atoms with Crippen molar-refractivity contribution in [1.29, 1.82) is 0 Å². The van der Waals surface area contributed by atoms with Crippen LogP contribution in [0.5, 0.6) is 0 Å². The molecule has 250 valence electrons. The van der Waals surface area contributed by atoms with Crippen molar-refractivity contribution < 1.29 is 9.34 Å². The van der Waals surface area contributed by atoms with Gasteiger partial charge in [-0.15, -0.1) is 0 Å². The van der Waals surface area contributed by atoms with Gasteiger partial charge in [0, 0.05) is 62.0 Å². The quantitative estimate of drug-likeness (QED) is 0.128. The van der Waals surface area contributed by atoms with Gasteiger partial charge in [0.05, 0.1) is 21.6 Å². The summed E-state index contributed by atoms with van der Waals surface area (Å²) in [6, 6.07) is 53.2. The minimum atomic E-state index is -0.365. The summed E-state index contributed by atoms with van der Waals surface area (Å²) in [5.41, 5.74) is 8.35. The molecular weight excluding hydrogens is 659 g/mol. The molecule has 7 aromatic carbocycles. The third kappa shape index (κ3) is 5.12. The molecule has 3 heterocycles. The zero-order valence-electron chi connectivity index (χ0n) is 28.0. The van der Waals surface area contributed by atoms with E-state index in [1.807, 2.05) is 115 Å². The van der Waals surface area contributed by atoms with E-state index in [0.717, 1.165) is 71.7 Å². The van der Waals surface area contributed by atoms with Gasteiger partial charge in [-0.05, 0) is 42.0 Å². The van der Waals surface area contributed by atoms with E-state index in [4.69, 9.17) is 19.4 Å². The Morgan fingerprint density at radius 1 is 0.472 bits per heavy atom. The molecule has 0 saturated heterocycles. The average Bonchev–Trinajstić information content (AvgIpc) is 3.75. The lowest BCUT2D eigenvalue weighted by molar-refractivity contribution is -0.384. The Balaban J connectivity index is 1.25. The van der Waals surface area contributed by atoms with Gasteiger partial charge in [0.1, 0.15) is 11.2 Å². The lowest BCUT2D eigenvalue weighted by Crippen LogP contribution is -2.02. The molecule has 0 unspecified atom stereocenters. The molecule has 0 aliphatic carbocycles. The van der Waals surface area contributed by atoms with Crippen LogP contribution in [0.2, 0.25) is 0 Å². The van der Waals surface area contributed by atoms with E-state index in [-0.39, 0.29) is 10.6 Å². The molecular formula is C45H27N5O3. The second kappa shape index (κ2) is 12.1. The molecule has 0 aliphatic rings. The summed E-state index contributed by atoms with van der Waals surface area (Å²) < 4.78 is 8.58. The monoisotopic (exact) mass is 685 g/mol. The number of fused-ring (bicyclic) bond motifs is 6. The number of rotatable bonds is 6. The number of nitro groups is 1. The molecule has 0 amide bonds. The predicted molar refractivity (Wildman–Crippen MR) is 210 cm³/mol. The molecule has 0 aliphatic heterocycles. The third-order valence-electron chi connectivity index (χ3n) is 9.73. The van der Waals surface area contributed by atoms with Gasteiger partial charge in [0.25, 0.3) is 5.69 Å². The van der Waals surface area contributed by atoms with Crippen LogP contribution in [-0.2, 0) is 0 Å². The number of furan rings is 1. The second-order valence-electron chi connectivity index (χ2n) is 12.9. The molecule has 0 fully saturated rings.